The van der Waals surface area contributed by atoms with Gasteiger partial charge in [-0.15, -0.1) is 0 Å². The SMILES string of the molecule is CN(C(=O)OC(C)(C)C)[C@H](Cc1ccc(OP(=O)(O)O)c([N+](=O)[O-])c1)C(=O)O. The molecule has 0 spiro atoms. The Labute approximate surface area is 160 Å². The second-order valence-electron chi connectivity index (χ2n) is 6.79. The zero-order valence-corrected chi connectivity index (χ0v) is 16.5. The molecule has 0 aliphatic rings. The fourth-order valence-corrected chi connectivity index (χ4v) is 2.52. The number of hydrogen-bond donors (Lipinski definition) is 3. The zero-order chi connectivity index (χ0) is 21.9. The van der Waals surface area contributed by atoms with Crippen LogP contribution in [0, 0.1) is 10.1 Å². The zero-order valence-electron chi connectivity index (χ0n) is 15.6. The molecule has 0 saturated heterocycles. The van der Waals surface area contributed by atoms with Crippen LogP contribution in [0.15, 0.2) is 18.2 Å². The van der Waals surface area contributed by atoms with Crippen LogP contribution in [0.4, 0.5) is 10.5 Å². The van der Waals surface area contributed by atoms with Crippen LogP contribution in [0.25, 0.3) is 0 Å². The van der Waals surface area contributed by atoms with Gasteiger partial charge in [0.25, 0.3) is 0 Å². The lowest BCUT2D eigenvalue weighted by Gasteiger charge is -2.28. The smallest absolute Gasteiger partial charge is 0.480 e. The number of ether oxygens (including phenoxy) is 1. The summed E-state index contributed by atoms with van der Waals surface area (Å²) >= 11 is 0. The molecule has 0 aliphatic carbocycles. The Bertz CT molecular complexity index is 814. The monoisotopic (exact) mass is 420 g/mol. The highest BCUT2D eigenvalue weighted by atomic mass is 31.2. The van der Waals surface area contributed by atoms with Crippen molar-refractivity contribution in [1.29, 1.82) is 0 Å². The molecule has 0 aliphatic heterocycles. The van der Waals surface area contributed by atoms with E-state index in [2.05, 4.69) is 4.52 Å². The Morgan fingerprint density at radius 2 is 1.89 bits per heavy atom. The average Bonchev–Trinajstić information content (AvgIpc) is 2.49. The lowest BCUT2D eigenvalue weighted by atomic mass is 10.0. The lowest BCUT2D eigenvalue weighted by molar-refractivity contribution is -0.385. The van der Waals surface area contributed by atoms with Crippen molar-refractivity contribution in [2.75, 3.05) is 7.05 Å². The summed E-state index contributed by atoms with van der Waals surface area (Å²) < 4.78 is 20.3. The third-order valence-corrected chi connectivity index (χ3v) is 3.73. The molecule has 0 fully saturated rings. The molecule has 156 valence electrons. The first-order valence-electron chi connectivity index (χ1n) is 7.82. The minimum Gasteiger partial charge on any atom is -0.480 e. The normalized spacial score (nSPS) is 12.8. The molecule has 1 aromatic rings. The van der Waals surface area contributed by atoms with E-state index in [0.717, 1.165) is 17.0 Å². The molecule has 1 atom stereocenters. The third kappa shape index (κ3) is 7.14. The molecule has 1 amide bonds. The van der Waals surface area contributed by atoms with Gasteiger partial charge in [0.15, 0.2) is 0 Å². The number of nitro groups is 1. The van der Waals surface area contributed by atoms with E-state index in [0.29, 0.717) is 0 Å². The number of rotatable bonds is 7. The molecule has 12 nitrogen and oxygen atoms in total. The first kappa shape index (κ1) is 23.3. The van der Waals surface area contributed by atoms with Crippen LogP contribution in [0.3, 0.4) is 0 Å². The number of hydrogen-bond acceptors (Lipinski definition) is 7. The van der Waals surface area contributed by atoms with Gasteiger partial charge in [0.2, 0.25) is 5.75 Å². The van der Waals surface area contributed by atoms with E-state index in [4.69, 9.17) is 14.5 Å². The highest BCUT2D eigenvalue weighted by Gasteiger charge is 2.31. The van der Waals surface area contributed by atoms with Crippen LogP contribution < -0.4 is 4.52 Å². The standard InChI is InChI=1S/C15H21N2O10P/c1-15(2,3)26-14(20)16(4)11(13(18)19)8-9-5-6-12(27-28(23,24)25)10(7-9)17(21)22/h5-7,11H,8H2,1-4H3,(H,18,19)(H2,23,24,25)/t11-/m1/s1. The Morgan fingerprint density at radius 3 is 2.32 bits per heavy atom. The predicted octanol–water partition coefficient (Wildman–Crippen LogP) is 1.93. The number of benzene rings is 1. The number of nitrogens with zero attached hydrogens (tertiary/aromatic N) is 2. The molecule has 28 heavy (non-hydrogen) atoms. The maximum Gasteiger partial charge on any atom is 0.525 e. The largest absolute Gasteiger partial charge is 0.525 e. The lowest BCUT2D eigenvalue weighted by Crippen LogP contribution is -2.46. The van der Waals surface area contributed by atoms with Gasteiger partial charge >= 0.3 is 25.6 Å². The van der Waals surface area contributed by atoms with E-state index in [1.54, 1.807) is 20.8 Å². The fourth-order valence-electron chi connectivity index (χ4n) is 2.11. The molecule has 0 heterocycles. The first-order valence-corrected chi connectivity index (χ1v) is 9.35. The average molecular weight is 420 g/mol. The van der Waals surface area contributed by atoms with E-state index in [1.165, 1.54) is 13.1 Å². The van der Waals surface area contributed by atoms with E-state index >= 15 is 0 Å². The molecule has 0 unspecified atom stereocenters. The van der Waals surface area contributed by atoms with Crippen molar-refractivity contribution < 1.29 is 43.2 Å². The fraction of sp³-hybridized carbons (Fsp3) is 0.467. The summed E-state index contributed by atoms with van der Waals surface area (Å²) in [6.07, 6.45) is -1.21. The number of nitro benzene ring substituents is 1. The maximum atomic E-state index is 12.1. The highest BCUT2D eigenvalue weighted by molar-refractivity contribution is 7.46. The molecular weight excluding hydrogens is 399 g/mol. The summed E-state index contributed by atoms with van der Waals surface area (Å²) in [7, 11) is -3.81. The number of amides is 1. The third-order valence-electron chi connectivity index (χ3n) is 3.30. The Morgan fingerprint density at radius 1 is 1.32 bits per heavy atom. The Hall–Kier alpha value is -2.69. The number of carboxylic acid groups (broad SMARTS) is 1. The minimum atomic E-state index is -5.03. The van der Waals surface area contributed by atoms with Gasteiger partial charge in [-0.05, 0) is 32.4 Å². The van der Waals surface area contributed by atoms with Crippen LogP contribution in [0.2, 0.25) is 0 Å². The number of phosphoric acid groups is 1. The summed E-state index contributed by atoms with van der Waals surface area (Å²) in [6, 6.07) is 1.67. The summed E-state index contributed by atoms with van der Waals surface area (Å²) in [5.41, 5.74) is -1.48. The van der Waals surface area contributed by atoms with Gasteiger partial charge in [0.05, 0.1) is 4.92 Å². The molecule has 13 heteroatoms. The molecule has 0 saturated carbocycles. The van der Waals surface area contributed by atoms with E-state index in [-0.39, 0.29) is 12.0 Å². The maximum absolute atomic E-state index is 12.1. The van der Waals surface area contributed by atoms with Crippen LogP contribution in [0.1, 0.15) is 26.3 Å². The van der Waals surface area contributed by atoms with Crippen molar-refractivity contribution in [1.82, 2.24) is 4.90 Å². The van der Waals surface area contributed by atoms with Gasteiger partial charge in [-0.3, -0.25) is 24.8 Å². The Balaban J connectivity index is 3.15. The molecule has 0 bridgehead atoms. The first-order chi connectivity index (χ1) is 12.6. The summed E-state index contributed by atoms with van der Waals surface area (Å²) in [5, 5.41) is 20.6. The van der Waals surface area contributed by atoms with Crippen molar-refractivity contribution in [3.8, 4) is 5.75 Å². The molecule has 3 N–H and O–H groups in total. The summed E-state index contributed by atoms with van der Waals surface area (Å²) in [6.45, 7) is 4.83. The van der Waals surface area contributed by atoms with Crippen molar-refractivity contribution in [3.63, 3.8) is 0 Å². The highest BCUT2D eigenvalue weighted by Crippen LogP contribution is 2.42. The number of aliphatic carboxylic acids is 1. The minimum absolute atomic E-state index is 0.132. The molecule has 1 rings (SSSR count). The van der Waals surface area contributed by atoms with Gasteiger partial charge in [-0.25, -0.2) is 14.2 Å². The van der Waals surface area contributed by atoms with Crippen LogP contribution in [0.5, 0.6) is 5.75 Å². The topological polar surface area (TPSA) is 177 Å². The molecule has 0 radical (unpaired) electrons. The van der Waals surface area contributed by atoms with Gasteiger partial charge < -0.3 is 14.4 Å². The van der Waals surface area contributed by atoms with E-state index in [9.17, 15) is 29.4 Å². The van der Waals surface area contributed by atoms with E-state index < -0.39 is 47.9 Å². The Kier molecular flexibility index (Phi) is 7.13. The van der Waals surface area contributed by atoms with E-state index in [1.807, 2.05) is 0 Å². The van der Waals surface area contributed by atoms with Crippen molar-refractivity contribution in [3.05, 3.63) is 33.9 Å². The number of carbonyl (C=O) groups is 2. The summed E-state index contributed by atoms with van der Waals surface area (Å²) in [5.74, 6) is -2.04. The van der Waals surface area contributed by atoms with Crippen molar-refractivity contribution >= 4 is 25.6 Å². The van der Waals surface area contributed by atoms with Crippen LogP contribution in [-0.4, -0.2) is 55.5 Å². The van der Waals surface area contributed by atoms with Crippen LogP contribution in [-0.2, 0) is 20.5 Å². The second kappa shape index (κ2) is 8.55. The van der Waals surface area contributed by atoms with Gasteiger partial charge in [-0.2, -0.15) is 0 Å². The van der Waals surface area contributed by atoms with Gasteiger partial charge in [-0.1, -0.05) is 6.07 Å². The molecular formula is C15H21N2O10P. The number of carbonyl (C=O) groups excluding carboxylic acids is 1. The van der Waals surface area contributed by atoms with Crippen molar-refractivity contribution in [2.24, 2.45) is 0 Å². The van der Waals surface area contributed by atoms with Gasteiger partial charge in [0.1, 0.15) is 11.6 Å². The van der Waals surface area contributed by atoms with Crippen LogP contribution >= 0.6 is 7.82 Å². The van der Waals surface area contributed by atoms with Gasteiger partial charge in [0, 0.05) is 19.5 Å². The quantitative estimate of drug-likeness (QED) is 0.335. The molecule has 1 aromatic carbocycles. The molecule has 0 aromatic heterocycles. The predicted molar refractivity (Wildman–Crippen MR) is 94.9 cm³/mol. The number of phosphoric ester groups is 1. The second-order valence-corrected chi connectivity index (χ2v) is 7.95. The van der Waals surface area contributed by atoms with Crippen molar-refractivity contribution in [2.45, 2.75) is 38.8 Å². The summed E-state index contributed by atoms with van der Waals surface area (Å²) in [4.78, 5) is 52.4. The number of carboxylic acids is 1. The number of likely N-dealkylation sites (N-methyl/N-ethyl adjacent to an activating group) is 1.